The molecule has 0 N–H and O–H groups in total. The monoisotopic (exact) mass is 227 g/mol. The maximum atomic E-state index is 11.7. The Hall–Kier alpha value is -0.730. The van der Waals surface area contributed by atoms with Crippen LogP contribution in [0.25, 0.3) is 0 Å². The highest BCUT2D eigenvalue weighted by Gasteiger charge is 2.25. The van der Waals surface area contributed by atoms with Crippen molar-refractivity contribution in [2.45, 2.75) is 40.5 Å². The van der Waals surface area contributed by atoms with Crippen LogP contribution < -0.4 is 0 Å². The molecule has 1 heterocycles. The van der Waals surface area contributed by atoms with Crippen molar-refractivity contribution in [2.75, 3.05) is 19.7 Å². The van der Waals surface area contributed by atoms with Gasteiger partial charge in [0.05, 0.1) is 6.61 Å². The summed E-state index contributed by atoms with van der Waals surface area (Å²) in [5.74, 6) is 1.92. The molecule has 1 amide bonds. The molecule has 0 saturated carbocycles. The Bertz CT molecular complexity index is 218. The van der Waals surface area contributed by atoms with E-state index in [9.17, 15) is 4.79 Å². The maximum absolute atomic E-state index is 11.7. The third-order valence-corrected chi connectivity index (χ3v) is 3.28. The minimum atomic E-state index is -0.129. The average Bonchev–Trinajstić information content (AvgIpc) is 2.26. The first-order valence-electron chi connectivity index (χ1n) is 6.42. The highest BCUT2D eigenvalue weighted by Crippen LogP contribution is 2.24. The van der Waals surface area contributed by atoms with E-state index in [0.717, 1.165) is 37.8 Å². The van der Waals surface area contributed by atoms with Gasteiger partial charge < -0.3 is 9.64 Å². The van der Waals surface area contributed by atoms with Gasteiger partial charge in [0.15, 0.2) is 0 Å². The predicted molar refractivity (Wildman–Crippen MR) is 65.3 cm³/mol. The molecule has 0 aromatic carbocycles. The van der Waals surface area contributed by atoms with Crippen LogP contribution in [0.2, 0.25) is 0 Å². The molecular weight excluding hydrogens is 202 g/mol. The lowest BCUT2D eigenvalue weighted by molar-refractivity contribution is 0.0747. The molecule has 0 aliphatic carbocycles. The Morgan fingerprint density at radius 2 is 1.81 bits per heavy atom. The van der Waals surface area contributed by atoms with E-state index in [1.54, 1.807) is 0 Å². The van der Waals surface area contributed by atoms with Crippen LogP contribution in [-0.2, 0) is 4.74 Å². The van der Waals surface area contributed by atoms with E-state index in [1.165, 1.54) is 0 Å². The lowest BCUT2D eigenvalue weighted by Gasteiger charge is -2.33. The van der Waals surface area contributed by atoms with Crippen molar-refractivity contribution in [3.8, 4) is 0 Å². The van der Waals surface area contributed by atoms with E-state index < -0.39 is 0 Å². The number of hydrogen-bond donors (Lipinski definition) is 0. The number of carbonyl (C=O) groups excluding carboxylic acids is 1. The van der Waals surface area contributed by atoms with Crippen molar-refractivity contribution >= 4 is 6.09 Å². The quantitative estimate of drug-likeness (QED) is 0.741. The summed E-state index contributed by atoms with van der Waals surface area (Å²) < 4.78 is 5.23. The molecule has 0 unspecified atom stereocenters. The van der Waals surface area contributed by atoms with Gasteiger partial charge in [0.25, 0.3) is 0 Å². The Labute approximate surface area is 99.1 Å². The summed E-state index contributed by atoms with van der Waals surface area (Å²) in [6.45, 7) is 10.9. The molecule has 0 bridgehead atoms. The summed E-state index contributed by atoms with van der Waals surface area (Å²) in [6, 6.07) is 0. The van der Waals surface area contributed by atoms with Crippen LogP contribution in [0, 0.1) is 17.8 Å². The van der Waals surface area contributed by atoms with Crippen molar-refractivity contribution in [1.82, 2.24) is 4.90 Å². The summed E-state index contributed by atoms with van der Waals surface area (Å²) in [6.07, 6.45) is 2.11. The summed E-state index contributed by atoms with van der Waals surface area (Å²) in [4.78, 5) is 13.5. The largest absolute Gasteiger partial charge is 0.449 e. The second-order valence-corrected chi connectivity index (χ2v) is 5.54. The lowest BCUT2D eigenvalue weighted by atomic mass is 9.87. The molecule has 94 valence electrons. The molecule has 0 atom stereocenters. The topological polar surface area (TPSA) is 29.5 Å². The standard InChI is InChI=1S/C13H25NO2/c1-10(2)9-16-13(15)14-7-5-12(6-8-14)11(3)4/h10-12H,5-9H2,1-4H3. The van der Waals surface area contributed by atoms with Gasteiger partial charge in [-0.2, -0.15) is 0 Å². The molecule has 0 spiro atoms. The Morgan fingerprint density at radius 1 is 1.25 bits per heavy atom. The molecule has 1 aliphatic heterocycles. The van der Waals surface area contributed by atoms with Crippen LogP contribution in [0.15, 0.2) is 0 Å². The average molecular weight is 227 g/mol. The SMILES string of the molecule is CC(C)COC(=O)N1CCC(C(C)C)CC1. The van der Waals surface area contributed by atoms with Crippen molar-refractivity contribution < 1.29 is 9.53 Å². The fourth-order valence-corrected chi connectivity index (χ4v) is 2.08. The van der Waals surface area contributed by atoms with Crippen molar-refractivity contribution in [2.24, 2.45) is 17.8 Å². The van der Waals surface area contributed by atoms with E-state index in [1.807, 2.05) is 4.90 Å². The van der Waals surface area contributed by atoms with E-state index in [4.69, 9.17) is 4.74 Å². The Kier molecular flexibility index (Phi) is 5.10. The summed E-state index contributed by atoms with van der Waals surface area (Å²) in [5.41, 5.74) is 0. The molecule has 1 saturated heterocycles. The first-order chi connectivity index (χ1) is 7.50. The van der Waals surface area contributed by atoms with Gasteiger partial charge >= 0.3 is 6.09 Å². The number of hydrogen-bond acceptors (Lipinski definition) is 2. The molecule has 3 nitrogen and oxygen atoms in total. The Balaban J connectivity index is 2.27. The first kappa shape index (κ1) is 13.3. The number of nitrogens with zero attached hydrogens (tertiary/aromatic N) is 1. The number of likely N-dealkylation sites (tertiary alicyclic amines) is 1. The van der Waals surface area contributed by atoms with Gasteiger partial charge in [-0.25, -0.2) is 4.79 Å². The molecule has 0 aromatic heterocycles. The fraction of sp³-hybridized carbons (Fsp3) is 0.923. The van der Waals surface area contributed by atoms with Crippen LogP contribution in [-0.4, -0.2) is 30.7 Å². The summed E-state index contributed by atoms with van der Waals surface area (Å²) in [5, 5.41) is 0. The summed E-state index contributed by atoms with van der Waals surface area (Å²) in [7, 11) is 0. The second kappa shape index (κ2) is 6.12. The van der Waals surface area contributed by atoms with Gasteiger partial charge in [-0.05, 0) is 30.6 Å². The lowest BCUT2D eigenvalue weighted by Crippen LogP contribution is -2.40. The van der Waals surface area contributed by atoms with E-state index >= 15 is 0 Å². The maximum Gasteiger partial charge on any atom is 0.409 e. The highest BCUT2D eigenvalue weighted by molar-refractivity contribution is 5.67. The fourth-order valence-electron chi connectivity index (χ4n) is 2.08. The number of ether oxygens (including phenoxy) is 1. The zero-order chi connectivity index (χ0) is 12.1. The van der Waals surface area contributed by atoms with Crippen molar-refractivity contribution in [1.29, 1.82) is 0 Å². The van der Waals surface area contributed by atoms with Crippen molar-refractivity contribution in [3.63, 3.8) is 0 Å². The molecule has 1 aliphatic rings. The number of amides is 1. The second-order valence-electron chi connectivity index (χ2n) is 5.54. The summed E-state index contributed by atoms with van der Waals surface area (Å²) >= 11 is 0. The molecule has 0 radical (unpaired) electrons. The van der Waals surface area contributed by atoms with Crippen LogP contribution in [0.5, 0.6) is 0 Å². The van der Waals surface area contributed by atoms with Gasteiger partial charge in [0, 0.05) is 13.1 Å². The van der Waals surface area contributed by atoms with E-state index in [-0.39, 0.29) is 6.09 Å². The van der Waals surface area contributed by atoms with Gasteiger partial charge in [-0.3, -0.25) is 0 Å². The van der Waals surface area contributed by atoms with Crippen LogP contribution in [0.3, 0.4) is 0 Å². The van der Waals surface area contributed by atoms with Crippen LogP contribution in [0.4, 0.5) is 4.79 Å². The molecule has 1 rings (SSSR count). The molecule has 3 heteroatoms. The first-order valence-corrected chi connectivity index (χ1v) is 6.42. The van der Waals surface area contributed by atoms with Gasteiger partial charge in [-0.1, -0.05) is 27.7 Å². The predicted octanol–water partition coefficient (Wildman–Crippen LogP) is 3.15. The van der Waals surface area contributed by atoms with Gasteiger partial charge in [0.2, 0.25) is 0 Å². The van der Waals surface area contributed by atoms with E-state index in [0.29, 0.717) is 12.5 Å². The zero-order valence-electron chi connectivity index (χ0n) is 11.0. The third-order valence-electron chi connectivity index (χ3n) is 3.28. The molecule has 16 heavy (non-hydrogen) atoms. The minimum Gasteiger partial charge on any atom is -0.449 e. The number of rotatable bonds is 3. The minimum absolute atomic E-state index is 0.129. The molecule has 0 aromatic rings. The Morgan fingerprint density at radius 3 is 2.25 bits per heavy atom. The third kappa shape index (κ3) is 4.03. The molecular formula is C13H25NO2. The smallest absolute Gasteiger partial charge is 0.409 e. The zero-order valence-corrected chi connectivity index (χ0v) is 11.0. The van der Waals surface area contributed by atoms with Gasteiger partial charge in [-0.15, -0.1) is 0 Å². The van der Waals surface area contributed by atoms with Crippen molar-refractivity contribution in [3.05, 3.63) is 0 Å². The highest BCUT2D eigenvalue weighted by atomic mass is 16.6. The van der Waals surface area contributed by atoms with Crippen LogP contribution in [0.1, 0.15) is 40.5 Å². The normalized spacial score (nSPS) is 18.2. The van der Waals surface area contributed by atoms with Crippen LogP contribution >= 0.6 is 0 Å². The van der Waals surface area contributed by atoms with Gasteiger partial charge in [0.1, 0.15) is 0 Å². The van der Waals surface area contributed by atoms with E-state index in [2.05, 4.69) is 27.7 Å². The number of carbonyl (C=O) groups is 1. The molecule has 1 fully saturated rings. The number of piperidine rings is 1.